The Kier molecular flexibility index (Phi) is 5.62. The summed E-state index contributed by atoms with van der Waals surface area (Å²) in [7, 11) is 0. The molecule has 2 aromatic rings. The molecule has 2 aromatic carbocycles. The van der Waals surface area contributed by atoms with Gasteiger partial charge in [-0.3, -0.25) is 35.9 Å². The first kappa shape index (κ1) is 18.7. The highest BCUT2D eigenvalue weighted by Gasteiger charge is 2.20. The summed E-state index contributed by atoms with van der Waals surface area (Å²) in [4.78, 5) is 32.1. The molecular weight excluding hydrogens is 399 g/mol. The van der Waals surface area contributed by atoms with Gasteiger partial charge in [-0.25, -0.2) is 0 Å². The fourth-order valence-corrected chi connectivity index (χ4v) is 2.70. The second kappa shape index (κ2) is 7.51. The minimum absolute atomic E-state index is 0.114. The van der Waals surface area contributed by atoms with Crippen molar-refractivity contribution in [1.82, 2.24) is 5.43 Å². The van der Waals surface area contributed by atoms with Gasteiger partial charge in [-0.1, -0.05) is 34.8 Å². The maximum atomic E-state index is 12.1. The normalized spacial score (nSPS) is 10.2. The third kappa shape index (κ3) is 4.47. The van der Waals surface area contributed by atoms with E-state index >= 15 is 0 Å². The molecule has 0 aliphatic carbocycles. The molecule has 0 atom stereocenters. The van der Waals surface area contributed by atoms with Crippen LogP contribution < -0.4 is 10.9 Å². The summed E-state index contributed by atoms with van der Waals surface area (Å²) in [6.07, 6.45) is 0. The van der Waals surface area contributed by atoms with Crippen LogP contribution in [0.15, 0.2) is 30.3 Å². The molecule has 0 saturated heterocycles. The SMILES string of the molecule is O=C(NNc1c(Cl)cc(Cl)cc1Cl)c1cc([N+](=O)[O-])cc([N+](=O)[O-])c1. The van der Waals surface area contributed by atoms with Crippen LogP contribution in [0.4, 0.5) is 17.1 Å². The van der Waals surface area contributed by atoms with Gasteiger partial charge >= 0.3 is 0 Å². The number of hydrogen-bond acceptors (Lipinski definition) is 6. The average molecular weight is 406 g/mol. The van der Waals surface area contributed by atoms with Gasteiger partial charge in [0, 0.05) is 17.2 Å². The predicted octanol–water partition coefficient (Wildman–Crippen LogP) is 4.22. The predicted molar refractivity (Wildman–Crippen MR) is 92.3 cm³/mol. The first-order valence-electron chi connectivity index (χ1n) is 6.34. The van der Waals surface area contributed by atoms with Gasteiger partial charge in [0.05, 0.1) is 37.2 Å². The van der Waals surface area contributed by atoms with Crippen LogP contribution in [0.3, 0.4) is 0 Å². The number of halogens is 3. The molecule has 0 aliphatic rings. The van der Waals surface area contributed by atoms with Crippen molar-refractivity contribution < 1.29 is 14.6 Å². The number of nitro groups is 2. The number of nitrogens with one attached hydrogen (secondary N) is 2. The van der Waals surface area contributed by atoms with Crippen LogP contribution in [0.5, 0.6) is 0 Å². The number of benzene rings is 2. The lowest BCUT2D eigenvalue weighted by Crippen LogP contribution is -2.29. The van der Waals surface area contributed by atoms with Crippen LogP contribution in [0, 0.1) is 20.2 Å². The van der Waals surface area contributed by atoms with Gasteiger partial charge in [-0.2, -0.15) is 0 Å². The van der Waals surface area contributed by atoms with Crippen LogP contribution in [0.1, 0.15) is 10.4 Å². The van der Waals surface area contributed by atoms with E-state index in [2.05, 4.69) is 10.9 Å². The zero-order valence-corrected chi connectivity index (χ0v) is 14.2. The van der Waals surface area contributed by atoms with E-state index in [1.54, 1.807) is 0 Å². The molecule has 0 fully saturated rings. The van der Waals surface area contributed by atoms with E-state index in [0.29, 0.717) is 0 Å². The summed E-state index contributed by atoms with van der Waals surface area (Å²) < 4.78 is 0. The number of hydrogen-bond donors (Lipinski definition) is 2. The van der Waals surface area contributed by atoms with Crippen LogP contribution in [0.25, 0.3) is 0 Å². The molecule has 0 bridgehead atoms. The first-order chi connectivity index (χ1) is 11.7. The van der Waals surface area contributed by atoms with Crippen molar-refractivity contribution in [3.63, 3.8) is 0 Å². The van der Waals surface area contributed by atoms with E-state index in [1.807, 2.05) is 0 Å². The number of nitrogens with zero attached hydrogens (tertiary/aromatic N) is 2. The highest BCUT2D eigenvalue weighted by Crippen LogP contribution is 2.33. The van der Waals surface area contributed by atoms with E-state index in [0.717, 1.165) is 18.2 Å². The van der Waals surface area contributed by atoms with Gasteiger partial charge in [-0.05, 0) is 12.1 Å². The van der Waals surface area contributed by atoms with Crippen molar-refractivity contribution in [2.45, 2.75) is 0 Å². The summed E-state index contributed by atoms with van der Waals surface area (Å²) >= 11 is 17.6. The fraction of sp³-hybridized carbons (Fsp3) is 0. The molecule has 130 valence electrons. The Morgan fingerprint density at radius 2 is 1.36 bits per heavy atom. The van der Waals surface area contributed by atoms with E-state index in [1.165, 1.54) is 12.1 Å². The standard InChI is InChI=1S/C13H7Cl3N4O5/c14-7-3-10(15)12(11(16)4-7)17-18-13(21)6-1-8(19(22)23)5-9(2-6)20(24)25/h1-5,17H,(H,18,21). The molecular formula is C13H7Cl3N4O5. The molecule has 25 heavy (non-hydrogen) atoms. The summed E-state index contributed by atoms with van der Waals surface area (Å²) in [5.41, 5.74) is 3.30. The first-order valence-corrected chi connectivity index (χ1v) is 7.47. The van der Waals surface area contributed by atoms with Gasteiger partial charge in [0.25, 0.3) is 17.3 Å². The van der Waals surface area contributed by atoms with Crippen molar-refractivity contribution in [3.8, 4) is 0 Å². The molecule has 12 heteroatoms. The largest absolute Gasteiger partial charge is 0.295 e. The minimum atomic E-state index is -0.867. The summed E-state index contributed by atoms with van der Waals surface area (Å²) in [6, 6.07) is 5.30. The number of hydrazine groups is 1. The Morgan fingerprint density at radius 1 is 0.880 bits per heavy atom. The molecule has 0 aliphatic heterocycles. The average Bonchev–Trinajstić information content (AvgIpc) is 2.53. The Balaban J connectivity index is 2.27. The van der Waals surface area contributed by atoms with Crippen LogP contribution in [-0.2, 0) is 0 Å². The van der Waals surface area contributed by atoms with Crippen molar-refractivity contribution in [2.75, 3.05) is 5.43 Å². The lowest BCUT2D eigenvalue weighted by atomic mass is 10.1. The smallest absolute Gasteiger partial charge is 0.277 e. The highest BCUT2D eigenvalue weighted by atomic mass is 35.5. The topological polar surface area (TPSA) is 127 Å². The third-order valence-corrected chi connectivity index (χ3v) is 3.71. The molecule has 0 spiro atoms. The van der Waals surface area contributed by atoms with E-state index in [4.69, 9.17) is 34.8 Å². The number of non-ortho nitro benzene ring substituents is 2. The Morgan fingerprint density at radius 3 is 1.80 bits per heavy atom. The van der Waals surface area contributed by atoms with Gasteiger partial charge in [0.1, 0.15) is 0 Å². The molecule has 0 heterocycles. The van der Waals surface area contributed by atoms with E-state index < -0.39 is 27.1 Å². The molecule has 2 rings (SSSR count). The number of rotatable bonds is 5. The quantitative estimate of drug-likeness (QED) is 0.566. The number of carbonyl (C=O) groups is 1. The fourth-order valence-electron chi connectivity index (χ4n) is 1.79. The third-order valence-electron chi connectivity index (χ3n) is 2.89. The molecule has 0 aromatic heterocycles. The summed E-state index contributed by atoms with van der Waals surface area (Å²) in [5, 5.41) is 22.2. The highest BCUT2D eigenvalue weighted by molar-refractivity contribution is 6.41. The van der Waals surface area contributed by atoms with E-state index in [9.17, 15) is 25.0 Å². The van der Waals surface area contributed by atoms with Gasteiger partial charge in [-0.15, -0.1) is 0 Å². The maximum Gasteiger partial charge on any atom is 0.277 e. The van der Waals surface area contributed by atoms with Crippen LogP contribution in [-0.4, -0.2) is 15.8 Å². The molecule has 0 saturated carbocycles. The zero-order valence-electron chi connectivity index (χ0n) is 12.0. The summed E-state index contributed by atoms with van der Waals surface area (Å²) in [5.74, 6) is -0.867. The molecule has 9 nitrogen and oxygen atoms in total. The molecule has 0 radical (unpaired) electrons. The molecule has 1 amide bonds. The monoisotopic (exact) mass is 404 g/mol. The lowest BCUT2D eigenvalue weighted by molar-refractivity contribution is -0.394. The van der Waals surface area contributed by atoms with Crippen LogP contribution in [0.2, 0.25) is 15.1 Å². The lowest BCUT2D eigenvalue weighted by Gasteiger charge is -2.12. The maximum absolute atomic E-state index is 12.1. The van der Waals surface area contributed by atoms with Gasteiger partial charge in [0.15, 0.2) is 0 Å². The van der Waals surface area contributed by atoms with Crippen molar-refractivity contribution in [2.24, 2.45) is 0 Å². The van der Waals surface area contributed by atoms with E-state index in [-0.39, 0.29) is 26.3 Å². The van der Waals surface area contributed by atoms with Crippen molar-refractivity contribution >= 4 is 57.8 Å². The number of nitro benzene ring substituents is 2. The van der Waals surface area contributed by atoms with Crippen molar-refractivity contribution in [1.29, 1.82) is 0 Å². The van der Waals surface area contributed by atoms with Gasteiger partial charge < -0.3 is 0 Å². The van der Waals surface area contributed by atoms with Gasteiger partial charge in [0.2, 0.25) is 0 Å². The van der Waals surface area contributed by atoms with Crippen molar-refractivity contribution in [3.05, 3.63) is 71.2 Å². The second-order valence-corrected chi connectivity index (χ2v) is 5.83. The number of carbonyl (C=O) groups excluding carboxylic acids is 1. The Labute approximate surface area is 154 Å². The van der Waals surface area contributed by atoms with Crippen LogP contribution >= 0.6 is 34.8 Å². The molecule has 0 unspecified atom stereocenters. The second-order valence-electron chi connectivity index (χ2n) is 4.58. The number of anilines is 1. The number of amides is 1. The molecule has 2 N–H and O–H groups in total. The Hall–Kier alpha value is -2.62. The summed E-state index contributed by atoms with van der Waals surface area (Å²) in [6.45, 7) is 0. The minimum Gasteiger partial charge on any atom is -0.295 e. The Bertz CT molecular complexity index is 835. The zero-order chi connectivity index (χ0) is 18.7.